The molecule has 6 aromatic rings. The van der Waals surface area contributed by atoms with Gasteiger partial charge in [0, 0.05) is 40.9 Å². The maximum absolute atomic E-state index is 16.7. The first-order valence-electron chi connectivity index (χ1n) is 15.3. The Kier molecular flexibility index (Phi) is 6.07. The number of allylic oxidation sites excluding steroid dienone is 1. The SMILES string of the molecule is CC1(C)C2=C(c3ccccc31)P1(=O)c3ccc(-c4ccccc4)cc3Sc3c(-c4ccccc4)cc(-c4ccccc4)c(c31)S2. The maximum Gasteiger partial charge on any atom is 0.175 e. The van der Waals surface area contributed by atoms with Crippen LogP contribution < -0.4 is 10.6 Å². The van der Waals surface area contributed by atoms with Gasteiger partial charge in [-0.3, -0.25) is 0 Å². The number of rotatable bonds is 3. The summed E-state index contributed by atoms with van der Waals surface area (Å²) in [5.41, 5.74) is 9.05. The standard InChI is InChI=1S/C41H29OPS2/c1-41(2)33-21-13-12-20-30(33)36-40(41)45-39-32(28-18-10-5-11-19-28)25-31(27-16-8-4-9-17-27)38-37(39)43(36,42)34-23-22-29(24-35(34)44-38)26-14-6-3-7-15-26/h3-25H,1-2H3. The van der Waals surface area contributed by atoms with Gasteiger partial charge in [0.25, 0.3) is 0 Å². The van der Waals surface area contributed by atoms with E-state index in [1.807, 2.05) is 11.8 Å². The van der Waals surface area contributed by atoms with Gasteiger partial charge in [-0.25, -0.2) is 0 Å². The first kappa shape index (κ1) is 27.3. The van der Waals surface area contributed by atoms with Gasteiger partial charge < -0.3 is 4.57 Å². The van der Waals surface area contributed by atoms with Crippen molar-refractivity contribution in [3.05, 3.63) is 156 Å². The normalized spacial score (nSPS) is 18.5. The van der Waals surface area contributed by atoms with Crippen LogP contribution in [0.25, 0.3) is 38.7 Å². The van der Waals surface area contributed by atoms with E-state index in [1.165, 1.54) is 16.0 Å². The average molecular weight is 633 g/mol. The highest BCUT2D eigenvalue weighted by molar-refractivity contribution is 8.08. The van der Waals surface area contributed by atoms with Crippen LogP contribution >= 0.6 is 30.7 Å². The second-order valence-electron chi connectivity index (χ2n) is 12.4. The van der Waals surface area contributed by atoms with Crippen LogP contribution in [-0.2, 0) is 9.98 Å². The fourth-order valence-corrected chi connectivity index (χ4v) is 15.0. The minimum absolute atomic E-state index is 0.257. The third-order valence-corrected chi connectivity index (χ3v) is 16.0. The summed E-state index contributed by atoms with van der Waals surface area (Å²) in [5.74, 6) is 0. The molecule has 0 radical (unpaired) electrons. The molecule has 1 aliphatic carbocycles. The summed E-state index contributed by atoms with van der Waals surface area (Å²) in [7, 11) is -3.31. The van der Waals surface area contributed by atoms with Gasteiger partial charge in [-0.2, -0.15) is 0 Å². The van der Waals surface area contributed by atoms with Crippen LogP contribution in [0.3, 0.4) is 0 Å². The monoisotopic (exact) mass is 632 g/mol. The quantitative estimate of drug-likeness (QED) is 0.181. The summed E-state index contributed by atoms with van der Waals surface area (Å²) in [6.07, 6.45) is 0. The van der Waals surface area contributed by atoms with Gasteiger partial charge in [0.15, 0.2) is 7.14 Å². The van der Waals surface area contributed by atoms with E-state index in [1.54, 1.807) is 11.8 Å². The Hall–Kier alpha value is -4.01. The molecule has 0 saturated heterocycles. The van der Waals surface area contributed by atoms with Gasteiger partial charge in [-0.1, -0.05) is 159 Å². The number of hydrogen-bond donors (Lipinski definition) is 0. The van der Waals surface area contributed by atoms with E-state index in [0.717, 1.165) is 64.0 Å². The predicted octanol–water partition coefficient (Wildman–Crippen LogP) is 11.2. The molecule has 0 saturated carbocycles. The van der Waals surface area contributed by atoms with Crippen molar-refractivity contribution in [2.24, 2.45) is 0 Å². The lowest BCUT2D eigenvalue weighted by Crippen LogP contribution is -2.30. The van der Waals surface area contributed by atoms with Crippen molar-refractivity contribution in [1.82, 2.24) is 0 Å². The summed E-state index contributed by atoms with van der Waals surface area (Å²) < 4.78 is 16.7. The van der Waals surface area contributed by atoms with Crippen LogP contribution in [0.5, 0.6) is 0 Å². The number of hydrogen-bond acceptors (Lipinski definition) is 3. The minimum atomic E-state index is -3.31. The molecule has 6 aromatic carbocycles. The topological polar surface area (TPSA) is 17.1 Å². The summed E-state index contributed by atoms with van der Waals surface area (Å²) >= 11 is 3.64. The van der Waals surface area contributed by atoms with E-state index in [9.17, 15) is 0 Å². The molecule has 9 rings (SSSR count). The van der Waals surface area contributed by atoms with Crippen LogP contribution in [0.4, 0.5) is 0 Å². The molecule has 2 aliphatic heterocycles. The zero-order valence-electron chi connectivity index (χ0n) is 25.0. The predicted molar refractivity (Wildman–Crippen MR) is 192 cm³/mol. The lowest BCUT2D eigenvalue weighted by molar-refractivity contribution is 0.591. The lowest BCUT2D eigenvalue weighted by Gasteiger charge is -2.38. The van der Waals surface area contributed by atoms with Crippen LogP contribution in [-0.4, -0.2) is 0 Å². The van der Waals surface area contributed by atoms with Gasteiger partial charge in [-0.15, -0.1) is 0 Å². The molecule has 0 aromatic heterocycles. The molecule has 2 heterocycles. The molecule has 0 spiro atoms. The summed E-state index contributed by atoms with van der Waals surface area (Å²) in [5, 5.41) is 3.02. The molecule has 1 unspecified atom stereocenters. The molecule has 0 fully saturated rings. The third kappa shape index (κ3) is 3.88. The van der Waals surface area contributed by atoms with Crippen LogP contribution in [0.1, 0.15) is 25.0 Å². The molecule has 0 N–H and O–H groups in total. The van der Waals surface area contributed by atoms with E-state index >= 15 is 4.57 Å². The van der Waals surface area contributed by atoms with Crippen molar-refractivity contribution in [3.63, 3.8) is 0 Å². The number of fused-ring (bicyclic) bond motifs is 5. The second kappa shape index (κ2) is 9.99. The van der Waals surface area contributed by atoms with E-state index in [4.69, 9.17) is 0 Å². The van der Waals surface area contributed by atoms with E-state index < -0.39 is 7.14 Å². The Morgan fingerprint density at radius 3 is 1.73 bits per heavy atom. The van der Waals surface area contributed by atoms with Crippen LogP contribution in [0.2, 0.25) is 0 Å². The van der Waals surface area contributed by atoms with E-state index in [-0.39, 0.29) is 5.41 Å². The highest BCUT2D eigenvalue weighted by Crippen LogP contribution is 2.74. The molecule has 1 nitrogen and oxygen atoms in total. The molecular weight excluding hydrogens is 604 g/mol. The van der Waals surface area contributed by atoms with Crippen molar-refractivity contribution in [2.45, 2.75) is 33.9 Å². The molecule has 1 atom stereocenters. The Labute approximate surface area is 272 Å². The lowest BCUT2D eigenvalue weighted by atomic mass is 9.87. The first-order valence-corrected chi connectivity index (χ1v) is 18.6. The van der Waals surface area contributed by atoms with Gasteiger partial charge >= 0.3 is 0 Å². The van der Waals surface area contributed by atoms with Crippen molar-refractivity contribution in [1.29, 1.82) is 0 Å². The fraction of sp³-hybridized carbons (Fsp3) is 0.0732. The highest BCUT2D eigenvalue weighted by atomic mass is 32.2. The minimum Gasteiger partial charge on any atom is -0.308 e. The largest absolute Gasteiger partial charge is 0.308 e. The number of benzene rings is 6. The molecule has 0 bridgehead atoms. The molecular formula is C41H29OPS2. The van der Waals surface area contributed by atoms with Crippen LogP contribution in [0, 0.1) is 0 Å². The molecule has 3 aliphatic rings. The van der Waals surface area contributed by atoms with Crippen molar-refractivity contribution < 1.29 is 4.57 Å². The number of thioether (sulfide) groups is 1. The van der Waals surface area contributed by atoms with Gasteiger partial charge in [0.2, 0.25) is 0 Å². The maximum atomic E-state index is 16.7. The fourth-order valence-electron chi connectivity index (χ4n) is 7.29. The summed E-state index contributed by atoms with van der Waals surface area (Å²) in [4.78, 5) is 4.58. The van der Waals surface area contributed by atoms with Crippen LogP contribution in [0.15, 0.2) is 159 Å². The summed E-state index contributed by atoms with van der Waals surface area (Å²) in [6, 6.07) is 49.4. The molecule has 0 amide bonds. The molecule has 45 heavy (non-hydrogen) atoms. The van der Waals surface area contributed by atoms with Crippen molar-refractivity contribution in [2.75, 3.05) is 0 Å². The average Bonchev–Trinajstić information content (AvgIpc) is 3.32. The Bertz CT molecular complexity index is 2250. The Balaban J connectivity index is 1.42. The van der Waals surface area contributed by atoms with Crippen molar-refractivity contribution in [3.8, 4) is 33.4 Å². The van der Waals surface area contributed by atoms with Gasteiger partial charge in [0.05, 0.1) is 0 Å². The Morgan fingerprint density at radius 1 is 0.533 bits per heavy atom. The molecule has 4 heteroatoms. The first-order chi connectivity index (χ1) is 22.0. The second-order valence-corrected chi connectivity index (χ2v) is 17.1. The smallest absolute Gasteiger partial charge is 0.175 e. The zero-order chi connectivity index (χ0) is 30.3. The van der Waals surface area contributed by atoms with Crippen molar-refractivity contribution >= 4 is 46.6 Å². The molecule has 216 valence electrons. The van der Waals surface area contributed by atoms with E-state index in [2.05, 4.69) is 153 Å². The Morgan fingerprint density at radius 2 is 1.09 bits per heavy atom. The highest BCUT2D eigenvalue weighted by Gasteiger charge is 2.54. The summed E-state index contributed by atoms with van der Waals surface area (Å²) in [6.45, 7) is 4.61. The van der Waals surface area contributed by atoms with Gasteiger partial charge in [0.1, 0.15) is 0 Å². The zero-order valence-corrected chi connectivity index (χ0v) is 27.5. The van der Waals surface area contributed by atoms with E-state index in [0.29, 0.717) is 0 Å². The third-order valence-electron chi connectivity index (χ3n) is 9.47. The van der Waals surface area contributed by atoms with Gasteiger partial charge in [-0.05, 0) is 62.7 Å².